The molecule has 2 aliphatic heterocycles. The largest absolute Gasteiger partial charge is 0.311 e. The van der Waals surface area contributed by atoms with Crippen molar-refractivity contribution in [3.63, 3.8) is 0 Å². The van der Waals surface area contributed by atoms with Crippen molar-refractivity contribution in [3.8, 4) is 0 Å². The molecule has 3 heterocycles. The highest BCUT2D eigenvalue weighted by molar-refractivity contribution is 7.14. The fraction of sp³-hybridized carbons (Fsp3) is 0.643. The molecule has 2 N–H and O–H groups in total. The van der Waals surface area contributed by atoms with E-state index in [0.717, 1.165) is 12.8 Å². The minimum Gasteiger partial charge on any atom is -0.311 e. The number of carbonyl (C=O) groups is 2. The molecule has 0 aromatic carbocycles. The number of amides is 1. The van der Waals surface area contributed by atoms with Gasteiger partial charge in [0.2, 0.25) is 5.91 Å². The van der Waals surface area contributed by atoms with E-state index in [-0.39, 0.29) is 11.7 Å². The molecule has 1 aromatic rings. The molecule has 2 unspecified atom stereocenters. The van der Waals surface area contributed by atoms with Gasteiger partial charge in [-0.25, -0.2) is 4.98 Å². The van der Waals surface area contributed by atoms with Crippen molar-refractivity contribution in [1.82, 2.24) is 10.3 Å². The predicted molar refractivity (Wildman–Crippen MR) is 78.0 cm³/mol. The first kappa shape index (κ1) is 13.7. The predicted octanol–water partition coefficient (Wildman–Crippen LogP) is 2.20. The van der Waals surface area contributed by atoms with Crippen molar-refractivity contribution in [2.45, 2.75) is 51.1 Å². The molecule has 1 aromatic heterocycles. The van der Waals surface area contributed by atoms with Crippen LogP contribution in [0.1, 0.15) is 49.5 Å². The number of aromatic nitrogens is 1. The zero-order chi connectivity index (χ0) is 14.1. The summed E-state index contributed by atoms with van der Waals surface area (Å²) in [5.41, 5.74) is 0.421. The Kier molecular flexibility index (Phi) is 3.85. The highest BCUT2D eigenvalue weighted by Gasteiger charge is 2.34. The summed E-state index contributed by atoms with van der Waals surface area (Å²) in [4.78, 5) is 27.3. The van der Waals surface area contributed by atoms with Gasteiger partial charge in [-0.05, 0) is 31.6 Å². The minimum atomic E-state index is -0.0725. The number of thiazole rings is 1. The summed E-state index contributed by atoms with van der Waals surface area (Å²) in [6.07, 6.45) is 5.25. The van der Waals surface area contributed by atoms with Gasteiger partial charge in [-0.2, -0.15) is 0 Å². The molecule has 20 heavy (non-hydrogen) atoms. The van der Waals surface area contributed by atoms with Crippen molar-refractivity contribution in [2.75, 3.05) is 5.32 Å². The number of Topliss-reactive ketones (excluding diaryl/α,β-unsaturated/α-hetero) is 1. The van der Waals surface area contributed by atoms with Crippen LogP contribution in [-0.2, 0) is 4.79 Å². The van der Waals surface area contributed by atoms with Crippen LogP contribution >= 0.6 is 11.3 Å². The van der Waals surface area contributed by atoms with Gasteiger partial charge in [0.05, 0.1) is 0 Å². The summed E-state index contributed by atoms with van der Waals surface area (Å²) in [6.45, 7) is 1.48. The Bertz CT molecular complexity index is 516. The van der Waals surface area contributed by atoms with Crippen LogP contribution in [0.2, 0.25) is 0 Å². The molecule has 2 atom stereocenters. The fourth-order valence-electron chi connectivity index (χ4n) is 3.27. The van der Waals surface area contributed by atoms with Crippen LogP contribution in [0, 0.1) is 5.92 Å². The summed E-state index contributed by atoms with van der Waals surface area (Å²) in [6, 6.07) is 1.21. The van der Waals surface area contributed by atoms with Crippen molar-refractivity contribution >= 4 is 28.2 Å². The van der Waals surface area contributed by atoms with Gasteiger partial charge in [0, 0.05) is 30.8 Å². The van der Waals surface area contributed by atoms with E-state index in [2.05, 4.69) is 15.6 Å². The van der Waals surface area contributed by atoms with Crippen LogP contribution < -0.4 is 10.6 Å². The van der Waals surface area contributed by atoms with Gasteiger partial charge in [-0.3, -0.25) is 9.59 Å². The van der Waals surface area contributed by atoms with Crippen LogP contribution in [0.15, 0.2) is 5.38 Å². The molecule has 2 bridgehead atoms. The summed E-state index contributed by atoms with van der Waals surface area (Å²) in [5.74, 6) is 0.415. The summed E-state index contributed by atoms with van der Waals surface area (Å²) in [5, 5.41) is 8.60. The Hall–Kier alpha value is -1.27. The Morgan fingerprint density at radius 1 is 1.40 bits per heavy atom. The van der Waals surface area contributed by atoms with E-state index in [1.165, 1.54) is 31.1 Å². The van der Waals surface area contributed by atoms with Gasteiger partial charge in [-0.1, -0.05) is 0 Å². The first-order valence-corrected chi connectivity index (χ1v) is 8.00. The van der Waals surface area contributed by atoms with Crippen molar-refractivity contribution < 1.29 is 9.59 Å². The average Bonchev–Trinajstić information content (AvgIpc) is 2.96. The van der Waals surface area contributed by atoms with Gasteiger partial charge >= 0.3 is 0 Å². The molecule has 3 rings (SSSR count). The molecular formula is C14H19N3O2S. The maximum absolute atomic E-state index is 12.0. The number of hydrogen-bond donors (Lipinski definition) is 2. The molecule has 1 amide bonds. The zero-order valence-corrected chi connectivity index (χ0v) is 12.3. The second-order valence-corrected chi connectivity index (χ2v) is 6.68. The molecular weight excluding hydrogens is 274 g/mol. The molecule has 0 radical (unpaired) electrons. The lowest BCUT2D eigenvalue weighted by atomic mass is 9.89. The Labute approximate surface area is 122 Å². The second kappa shape index (κ2) is 5.61. The number of hydrogen-bond acceptors (Lipinski definition) is 5. The molecule has 0 saturated carbocycles. The quantitative estimate of drug-likeness (QED) is 0.835. The lowest BCUT2D eigenvalue weighted by Gasteiger charge is -2.28. The molecule has 2 saturated heterocycles. The number of nitrogens with one attached hydrogen (secondary N) is 2. The first-order chi connectivity index (χ1) is 9.60. The van der Waals surface area contributed by atoms with Crippen molar-refractivity contribution in [1.29, 1.82) is 0 Å². The summed E-state index contributed by atoms with van der Waals surface area (Å²) < 4.78 is 0. The van der Waals surface area contributed by atoms with Gasteiger partial charge in [0.15, 0.2) is 10.9 Å². The highest BCUT2D eigenvalue weighted by atomic mass is 32.1. The van der Waals surface area contributed by atoms with E-state index in [9.17, 15) is 9.59 Å². The van der Waals surface area contributed by atoms with Gasteiger partial charge in [-0.15, -0.1) is 11.3 Å². The molecule has 0 spiro atoms. The summed E-state index contributed by atoms with van der Waals surface area (Å²) in [7, 11) is 0. The van der Waals surface area contributed by atoms with E-state index in [4.69, 9.17) is 0 Å². The van der Waals surface area contributed by atoms with E-state index in [0.29, 0.717) is 35.2 Å². The van der Waals surface area contributed by atoms with Crippen LogP contribution in [0.4, 0.5) is 5.13 Å². The maximum Gasteiger partial charge on any atom is 0.226 e. The highest BCUT2D eigenvalue weighted by Crippen LogP contribution is 2.32. The number of nitrogens with zero attached hydrogens (tertiary/aromatic N) is 1. The summed E-state index contributed by atoms with van der Waals surface area (Å²) >= 11 is 1.31. The van der Waals surface area contributed by atoms with Crippen molar-refractivity contribution in [2.24, 2.45) is 5.92 Å². The zero-order valence-electron chi connectivity index (χ0n) is 11.5. The van der Waals surface area contributed by atoms with E-state index in [1.807, 2.05) is 0 Å². The SMILES string of the molecule is CC(=O)c1csc(NC(=O)CC2CC3CCC(C2)N3)n1. The number of anilines is 1. The average molecular weight is 293 g/mol. The smallest absolute Gasteiger partial charge is 0.226 e. The maximum atomic E-state index is 12.0. The third-order valence-electron chi connectivity index (χ3n) is 4.16. The molecule has 5 nitrogen and oxygen atoms in total. The van der Waals surface area contributed by atoms with Gasteiger partial charge in [0.1, 0.15) is 5.69 Å². The number of carbonyl (C=O) groups excluding carboxylic acids is 2. The lowest BCUT2D eigenvalue weighted by Crippen LogP contribution is -2.39. The van der Waals surface area contributed by atoms with E-state index in [1.54, 1.807) is 5.38 Å². The molecule has 2 aliphatic rings. The van der Waals surface area contributed by atoms with E-state index < -0.39 is 0 Å². The number of rotatable bonds is 4. The minimum absolute atomic E-state index is 0.0146. The normalized spacial score (nSPS) is 28.4. The van der Waals surface area contributed by atoms with Crippen LogP contribution in [0.5, 0.6) is 0 Å². The standard InChI is InChI=1S/C14H19N3O2S/c1-8(18)12-7-20-14(16-12)17-13(19)6-9-4-10-2-3-11(5-9)15-10/h7,9-11,15H,2-6H2,1H3,(H,16,17,19). The molecule has 2 fully saturated rings. The van der Waals surface area contributed by atoms with Crippen LogP contribution in [0.25, 0.3) is 0 Å². The Morgan fingerprint density at radius 3 is 2.70 bits per heavy atom. The Balaban J connectivity index is 1.53. The topological polar surface area (TPSA) is 71.1 Å². The molecule has 0 aliphatic carbocycles. The fourth-order valence-corrected chi connectivity index (χ4v) is 4.03. The number of fused-ring (bicyclic) bond motifs is 2. The number of ketones is 1. The first-order valence-electron chi connectivity index (χ1n) is 7.12. The van der Waals surface area contributed by atoms with E-state index >= 15 is 0 Å². The molecule has 108 valence electrons. The molecule has 6 heteroatoms. The lowest BCUT2D eigenvalue weighted by molar-refractivity contribution is -0.117. The van der Waals surface area contributed by atoms with Gasteiger partial charge in [0.25, 0.3) is 0 Å². The number of piperidine rings is 1. The van der Waals surface area contributed by atoms with Crippen LogP contribution in [0.3, 0.4) is 0 Å². The Morgan fingerprint density at radius 2 is 2.10 bits per heavy atom. The second-order valence-electron chi connectivity index (χ2n) is 5.82. The van der Waals surface area contributed by atoms with Gasteiger partial charge < -0.3 is 10.6 Å². The third kappa shape index (κ3) is 3.07. The van der Waals surface area contributed by atoms with Crippen molar-refractivity contribution in [3.05, 3.63) is 11.1 Å². The monoisotopic (exact) mass is 293 g/mol. The van der Waals surface area contributed by atoms with Crippen LogP contribution in [-0.4, -0.2) is 28.8 Å². The third-order valence-corrected chi connectivity index (χ3v) is 4.91.